The van der Waals surface area contributed by atoms with Gasteiger partial charge in [0.25, 0.3) is 0 Å². The second-order valence-corrected chi connectivity index (χ2v) is 10.6. The average Bonchev–Trinajstić information content (AvgIpc) is 3.17. The van der Waals surface area contributed by atoms with E-state index >= 15 is 4.39 Å². The molecule has 4 aromatic rings. The summed E-state index contributed by atoms with van der Waals surface area (Å²) >= 11 is 6.05. The van der Waals surface area contributed by atoms with Crippen molar-refractivity contribution >= 4 is 40.4 Å². The predicted octanol–water partition coefficient (Wildman–Crippen LogP) is 8.82. The Labute approximate surface area is 238 Å². The number of alkyl halides is 3. The van der Waals surface area contributed by atoms with Crippen LogP contribution in [-0.4, -0.2) is 24.0 Å². The molecule has 11 heteroatoms. The number of carbonyl (C=O) groups is 1. The van der Waals surface area contributed by atoms with Gasteiger partial charge >= 0.3 is 12.4 Å². The second-order valence-electron chi connectivity index (χ2n) is 10.1. The third kappa shape index (κ3) is 5.88. The maximum atomic E-state index is 15.4. The Bertz CT molecular complexity index is 1610. The molecule has 212 valence electrons. The molecule has 0 saturated carbocycles. The molecular formula is C30H24ClF4N3O3. The summed E-state index contributed by atoms with van der Waals surface area (Å²) in [4.78, 5) is 14.7. The molecule has 2 amide bonds. The first kappa shape index (κ1) is 28.1. The number of phenols is 1. The van der Waals surface area contributed by atoms with E-state index in [2.05, 4.69) is 15.4 Å². The van der Waals surface area contributed by atoms with Crippen LogP contribution in [0.15, 0.2) is 78.9 Å². The number of hydrogen-bond donors (Lipinski definition) is 3. The van der Waals surface area contributed by atoms with Crippen molar-refractivity contribution in [3.05, 3.63) is 95.3 Å². The van der Waals surface area contributed by atoms with E-state index in [9.17, 15) is 23.1 Å². The number of ether oxygens (including phenoxy) is 1. The van der Waals surface area contributed by atoms with Gasteiger partial charge in [-0.05, 0) is 59.7 Å². The molecule has 0 radical (unpaired) electrons. The fraction of sp³-hybridized carbons (Fsp3) is 0.167. The molecule has 0 bridgehead atoms. The van der Waals surface area contributed by atoms with Gasteiger partial charge in [-0.15, -0.1) is 13.2 Å². The van der Waals surface area contributed by atoms with Crippen molar-refractivity contribution in [2.45, 2.75) is 25.6 Å². The third-order valence-corrected chi connectivity index (χ3v) is 6.91. The summed E-state index contributed by atoms with van der Waals surface area (Å²) in [5.41, 5.74) is 2.55. The summed E-state index contributed by atoms with van der Waals surface area (Å²) in [6.45, 7) is 4.25. The number of urea groups is 1. The molecule has 0 aliphatic carbocycles. The minimum absolute atomic E-state index is 0.239. The molecule has 0 saturated heterocycles. The lowest BCUT2D eigenvalue weighted by molar-refractivity contribution is -0.274. The first-order chi connectivity index (χ1) is 19.3. The van der Waals surface area contributed by atoms with Crippen molar-refractivity contribution in [2.75, 3.05) is 22.1 Å². The quantitative estimate of drug-likeness (QED) is 0.205. The number of carbonyl (C=O) groups excluding carboxylic acids is 1. The highest BCUT2D eigenvalue weighted by Crippen LogP contribution is 2.54. The van der Waals surface area contributed by atoms with Crippen LogP contribution in [0, 0.1) is 5.82 Å². The molecule has 0 unspecified atom stereocenters. The first-order valence-electron chi connectivity index (χ1n) is 12.4. The number of anilines is 4. The molecule has 1 heterocycles. The molecule has 1 aliphatic rings. The van der Waals surface area contributed by atoms with Crippen molar-refractivity contribution in [1.82, 2.24) is 0 Å². The first-order valence-corrected chi connectivity index (χ1v) is 12.8. The summed E-state index contributed by atoms with van der Waals surface area (Å²) < 4.78 is 56.5. The highest BCUT2D eigenvalue weighted by Gasteiger charge is 2.42. The Morgan fingerprint density at radius 3 is 2.32 bits per heavy atom. The summed E-state index contributed by atoms with van der Waals surface area (Å²) in [6, 6.07) is 18.8. The maximum Gasteiger partial charge on any atom is 0.573 e. The van der Waals surface area contributed by atoms with E-state index in [1.54, 1.807) is 48.5 Å². The monoisotopic (exact) mass is 585 g/mol. The molecule has 3 N–H and O–H groups in total. The zero-order valence-corrected chi connectivity index (χ0v) is 22.6. The SMILES string of the molecule is CC1(C)CN(c2ccccc2NC(=O)Nc2ccc(OC(F)(F)F)cc2)c2c(O)cc(F)c(-c3ccc(Cl)cc3)c21. The molecule has 0 fully saturated rings. The van der Waals surface area contributed by atoms with Crippen molar-refractivity contribution < 1.29 is 32.2 Å². The third-order valence-electron chi connectivity index (χ3n) is 6.65. The van der Waals surface area contributed by atoms with E-state index in [1.807, 2.05) is 18.7 Å². The van der Waals surface area contributed by atoms with Crippen molar-refractivity contribution in [3.8, 4) is 22.6 Å². The zero-order chi connectivity index (χ0) is 29.5. The normalized spacial score (nSPS) is 14.0. The standard InChI is InChI=1S/C30H24ClF4N3O3/c1-29(2)16-38(27-24(39)15-21(32)25(26(27)29)17-7-9-18(31)10-8-17)23-6-4-3-5-22(23)37-28(40)36-19-11-13-20(14-12-19)41-30(33,34)35/h3-15,39H,16H2,1-2H3,(H2,36,37,40). The van der Waals surface area contributed by atoms with Gasteiger partial charge in [0.1, 0.15) is 17.3 Å². The van der Waals surface area contributed by atoms with Crippen LogP contribution in [0.4, 0.5) is 45.1 Å². The lowest BCUT2D eigenvalue weighted by Gasteiger charge is -2.25. The van der Waals surface area contributed by atoms with Crippen LogP contribution in [-0.2, 0) is 5.41 Å². The van der Waals surface area contributed by atoms with Crippen LogP contribution in [0.5, 0.6) is 11.5 Å². The maximum absolute atomic E-state index is 15.4. The van der Waals surface area contributed by atoms with Gasteiger partial charge in [-0.3, -0.25) is 0 Å². The summed E-state index contributed by atoms with van der Waals surface area (Å²) in [5.74, 6) is -1.24. The average molecular weight is 586 g/mol. The van der Waals surface area contributed by atoms with Gasteiger partial charge in [-0.25, -0.2) is 9.18 Å². The number of benzene rings is 4. The molecule has 0 atom stereocenters. The van der Waals surface area contributed by atoms with Crippen LogP contribution < -0.4 is 20.3 Å². The molecule has 4 aromatic carbocycles. The van der Waals surface area contributed by atoms with Gasteiger partial charge in [0, 0.05) is 34.3 Å². The molecule has 6 nitrogen and oxygen atoms in total. The van der Waals surface area contributed by atoms with E-state index in [4.69, 9.17) is 11.6 Å². The smallest absolute Gasteiger partial charge is 0.506 e. The largest absolute Gasteiger partial charge is 0.573 e. The molecule has 41 heavy (non-hydrogen) atoms. The number of fused-ring (bicyclic) bond motifs is 1. The number of halogens is 5. The number of rotatable bonds is 5. The Morgan fingerprint density at radius 2 is 1.66 bits per heavy atom. The number of hydrogen-bond acceptors (Lipinski definition) is 4. The van der Waals surface area contributed by atoms with Crippen molar-refractivity contribution in [2.24, 2.45) is 0 Å². The van der Waals surface area contributed by atoms with Gasteiger partial charge < -0.3 is 25.4 Å². The number of amides is 2. The van der Waals surface area contributed by atoms with Crippen LogP contribution in [0.25, 0.3) is 11.1 Å². The Balaban J connectivity index is 1.46. The fourth-order valence-corrected chi connectivity index (χ4v) is 5.18. The number of nitrogens with zero attached hydrogens (tertiary/aromatic N) is 1. The van der Waals surface area contributed by atoms with E-state index in [0.29, 0.717) is 45.3 Å². The Morgan fingerprint density at radius 1 is 1.00 bits per heavy atom. The Kier molecular flexibility index (Phi) is 7.21. The number of phenolic OH excluding ortho intramolecular Hbond substituents is 1. The van der Waals surface area contributed by atoms with Crippen LogP contribution >= 0.6 is 11.6 Å². The second kappa shape index (κ2) is 10.5. The van der Waals surface area contributed by atoms with Gasteiger partial charge in [-0.1, -0.05) is 49.7 Å². The van der Waals surface area contributed by atoms with E-state index in [1.165, 1.54) is 12.1 Å². The lowest BCUT2D eigenvalue weighted by atomic mass is 9.81. The highest BCUT2D eigenvalue weighted by molar-refractivity contribution is 6.30. The lowest BCUT2D eigenvalue weighted by Crippen LogP contribution is -2.27. The van der Waals surface area contributed by atoms with Gasteiger partial charge in [-0.2, -0.15) is 0 Å². The Hall–Kier alpha value is -4.44. The van der Waals surface area contributed by atoms with Crippen LogP contribution in [0.2, 0.25) is 5.02 Å². The number of para-hydroxylation sites is 2. The fourth-order valence-electron chi connectivity index (χ4n) is 5.06. The topological polar surface area (TPSA) is 73.8 Å². The molecule has 0 spiro atoms. The molecular weight excluding hydrogens is 562 g/mol. The summed E-state index contributed by atoms with van der Waals surface area (Å²) in [7, 11) is 0. The molecule has 0 aromatic heterocycles. The molecule has 5 rings (SSSR count). The summed E-state index contributed by atoms with van der Waals surface area (Å²) in [6.07, 6.45) is -4.82. The minimum atomic E-state index is -4.82. The van der Waals surface area contributed by atoms with Crippen molar-refractivity contribution in [1.29, 1.82) is 0 Å². The van der Waals surface area contributed by atoms with E-state index < -0.39 is 29.4 Å². The van der Waals surface area contributed by atoms with Gasteiger partial charge in [0.15, 0.2) is 0 Å². The van der Waals surface area contributed by atoms with E-state index in [0.717, 1.165) is 18.2 Å². The van der Waals surface area contributed by atoms with Crippen LogP contribution in [0.3, 0.4) is 0 Å². The minimum Gasteiger partial charge on any atom is -0.506 e. The zero-order valence-electron chi connectivity index (χ0n) is 21.8. The predicted molar refractivity (Wildman–Crippen MR) is 151 cm³/mol. The highest BCUT2D eigenvalue weighted by atomic mass is 35.5. The number of aromatic hydroxyl groups is 1. The van der Waals surface area contributed by atoms with E-state index in [-0.39, 0.29) is 11.4 Å². The van der Waals surface area contributed by atoms with Gasteiger partial charge in [0.2, 0.25) is 0 Å². The van der Waals surface area contributed by atoms with Crippen LogP contribution in [0.1, 0.15) is 19.4 Å². The van der Waals surface area contributed by atoms with Gasteiger partial charge in [0.05, 0.1) is 17.1 Å². The summed E-state index contributed by atoms with van der Waals surface area (Å²) in [5, 5.41) is 16.8. The molecule has 1 aliphatic heterocycles. The number of nitrogens with one attached hydrogen (secondary N) is 2. The van der Waals surface area contributed by atoms with Crippen molar-refractivity contribution in [3.63, 3.8) is 0 Å².